The van der Waals surface area contributed by atoms with Gasteiger partial charge < -0.3 is 15.3 Å². The number of nitrogens with one attached hydrogen (secondary N) is 1. The molecule has 2 rings (SSSR count). The zero-order valence-electron chi connectivity index (χ0n) is 9.82. The van der Waals surface area contributed by atoms with E-state index in [0.29, 0.717) is 18.3 Å². The van der Waals surface area contributed by atoms with E-state index in [1.807, 2.05) is 4.90 Å². The van der Waals surface area contributed by atoms with Crippen LogP contribution in [0.1, 0.15) is 25.7 Å². The van der Waals surface area contributed by atoms with Crippen molar-refractivity contribution in [2.75, 3.05) is 32.8 Å². The lowest BCUT2D eigenvalue weighted by Gasteiger charge is -2.32. The minimum atomic E-state index is 0.217. The van der Waals surface area contributed by atoms with Crippen LogP contribution in [0.5, 0.6) is 0 Å². The standard InChI is InChI=1S/C12H22N2O2/c15-9-11-2-1-5-14(8-11)12(16)6-10-3-4-13-7-10/h10-11,13,15H,1-9H2. The lowest BCUT2D eigenvalue weighted by molar-refractivity contribution is -0.134. The Balaban J connectivity index is 1.79. The molecular weight excluding hydrogens is 204 g/mol. The molecular formula is C12H22N2O2. The molecule has 0 aliphatic carbocycles. The van der Waals surface area contributed by atoms with E-state index in [-0.39, 0.29) is 12.5 Å². The van der Waals surface area contributed by atoms with Crippen LogP contribution >= 0.6 is 0 Å². The van der Waals surface area contributed by atoms with Crippen LogP contribution in [0.15, 0.2) is 0 Å². The summed E-state index contributed by atoms with van der Waals surface area (Å²) in [5.41, 5.74) is 0. The topological polar surface area (TPSA) is 52.6 Å². The van der Waals surface area contributed by atoms with Gasteiger partial charge in [-0.25, -0.2) is 0 Å². The molecule has 0 radical (unpaired) electrons. The maximum Gasteiger partial charge on any atom is 0.222 e. The number of hydrogen-bond donors (Lipinski definition) is 2. The van der Waals surface area contributed by atoms with E-state index >= 15 is 0 Å². The number of aliphatic hydroxyl groups is 1. The van der Waals surface area contributed by atoms with Gasteiger partial charge in [-0.15, -0.1) is 0 Å². The number of aliphatic hydroxyl groups excluding tert-OH is 1. The Bertz CT molecular complexity index is 239. The molecule has 2 unspecified atom stereocenters. The molecule has 1 amide bonds. The molecule has 2 N–H and O–H groups in total. The van der Waals surface area contributed by atoms with E-state index in [9.17, 15) is 4.79 Å². The monoisotopic (exact) mass is 226 g/mol. The molecule has 4 nitrogen and oxygen atoms in total. The number of likely N-dealkylation sites (tertiary alicyclic amines) is 1. The maximum atomic E-state index is 12.0. The van der Waals surface area contributed by atoms with E-state index in [4.69, 9.17) is 5.11 Å². The Morgan fingerprint density at radius 2 is 2.25 bits per heavy atom. The predicted molar refractivity (Wildman–Crippen MR) is 62.0 cm³/mol. The quantitative estimate of drug-likeness (QED) is 0.723. The number of piperidine rings is 1. The van der Waals surface area contributed by atoms with Crippen molar-refractivity contribution in [2.45, 2.75) is 25.7 Å². The molecule has 0 spiro atoms. The van der Waals surface area contributed by atoms with Crippen molar-refractivity contribution in [1.29, 1.82) is 0 Å². The normalized spacial score (nSPS) is 30.7. The number of carbonyl (C=O) groups excluding carboxylic acids is 1. The average molecular weight is 226 g/mol. The fourth-order valence-corrected chi connectivity index (χ4v) is 2.71. The zero-order valence-corrected chi connectivity index (χ0v) is 9.82. The molecule has 92 valence electrons. The Morgan fingerprint density at radius 3 is 2.94 bits per heavy atom. The summed E-state index contributed by atoms with van der Waals surface area (Å²) in [6.07, 6.45) is 3.92. The highest BCUT2D eigenvalue weighted by Gasteiger charge is 2.26. The van der Waals surface area contributed by atoms with E-state index in [0.717, 1.165) is 45.4 Å². The second-order valence-electron chi connectivity index (χ2n) is 5.09. The first-order valence-electron chi connectivity index (χ1n) is 6.39. The minimum absolute atomic E-state index is 0.217. The van der Waals surface area contributed by atoms with Gasteiger partial charge >= 0.3 is 0 Å². The fourth-order valence-electron chi connectivity index (χ4n) is 2.71. The molecule has 2 heterocycles. The molecule has 2 saturated heterocycles. The summed E-state index contributed by atoms with van der Waals surface area (Å²) in [6, 6.07) is 0. The van der Waals surface area contributed by atoms with Gasteiger partial charge in [0.05, 0.1) is 0 Å². The zero-order chi connectivity index (χ0) is 11.4. The maximum absolute atomic E-state index is 12.0. The molecule has 0 aromatic rings. The van der Waals surface area contributed by atoms with Gasteiger partial charge in [0, 0.05) is 26.1 Å². The largest absolute Gasteiger partial charge is 0.396 e. The highest BCUT2D eigenvalue weighted by atomic mass is 16.3. The molecule has 2 fully saturated rings. The highest BCUT2D eigenvalue weighted by molar-refractivity contribution is 5.76. The van der Waals surface area contributed by atoms with Gasteiger partial charge in [-0.2, -0.15) is 0 Å². The molecule has 2 atom stereocenters. The van der Waals surface area contributed by atoms with Crippen molar-refractivity contribution in [3.05, 3.63) is 0 Å². The molecule has 16 heavy (non-hydrogen) atoms. The number of nitrogens with zero attached hydrogens (tertiary/aromatic N) is 1. The lowest BCUT2D eigenvalue weighted by Crippen LogP contribution is -2.41. The van der Waals surface area contributed by atoms with Gasteiger partial charge in [0.2, 0.25) is 5.91 Å². The van der Waals surface area contributed by atoms with Crippen LogP contribution in [0.2, 0.25) is 0 Å². The highest BCUT2D eigenvalue weighted by Crippen LogP contribution is 2.19. The van der Waals surface area contributed by atoms with E-state index in [1.165, 1.54) is 0 Å². The van der Waals surface area contributed by atoms with Crippen LogP contribution in [0.25, 0.3) is 0 Å². The Labute approximate surface area is 97.0 Å². The number of carbonyl (C=O) groups is 1. The van der Waals surface area contributed by atoms with Gasteiger partial charge in [-0.05, 0) is 44.2 Å². The summed E-state index contributed by atoms with van der Waals surface area (Å²) in [7, 11) is 0. The first kappa shape index (κ1) is 11.9. The third kappa shape index (κ3) is 2.95. The van der Waals surface area contributed by atoms with Gasteiger partial charge in [0.15, 0.2) is 0 Å². The second kappa shape index (κ2) is 5.64. The van der Waals surface area contributed by atoms with Crippen LogP contribution in [-0.4, -0.2) is 48.7 Å². The van der Waals surface area contributed by atoms with E-state index in [2.05, 4.69) is 5.32 Å². The van der Waals surface area contributed by atoms with E-state index in [1.54, 1.807) is 0 Å². The summed E-state index contributed by atoms with van der Waals surface area (Å²) in [5, 5.41) is 12.4. The van der Waals surface area contributed by atoms with Crippen LogP contribution < -0.4 is 5.32 Å². The van der Waals surface area contributed by atoms with Crippen molar-refractivity contribution in [2.24, 2.45) is 11.8 Å². The van der Waals surface area contributed by atoms with Crippen LogP contribution in [0, 0.1) is 11.8 Å². The van der Waals surface area contributed by atoms with Gasteiger partial charge in [-0.3, -0.25) is 4.79 Å². The summed E-state index contributed by atoms with van der Waals surface area (Å²) in [4.78, 5) is 14.0. The first-order valence-corrected chi connectivity index (χ1v) is 6.39. The number of hydrogen-bond acceptors (Lipinski definition) is 3. The lowest BCUT2D eigenvalue weighted by atomic mass is 9.97. The third-order valence-corrected chi connectivity index (χ3v) is 3.76. The smallest absolute Gasteiger partial charge is 0.222 e. The van der Waals surface area contributed by atoms with Gasteiger partial charge in [-0.1, -0.05) is 0 Å². The summed E-state index contributed by atoms with van der Waals surface area (Å²) >= 11 is 0. The molecule has 2 aliphatic rings. The summed E-state index contributed by atoms with van der Waals surface area (Å²) in [5.74, 6) is 1.12. The molecule has 2 aliphatic heterocycles. The summed E-state index contributed by atoms with van der Waals surface area (Å²) in [6.45, 7) is 3.90. The minimum Gasteiger partial charge on any atom is -0.396 e. The van der Waals surface area contributed by atoms with Crippen molar-refractivity contribution >= 4 is 5.91 Å². The molecule has 0 aromatic carbocycles. The molecule has 0 saturated carbocycles. The van der Waals surface area contributed by atoms with Gasteiger partial charge in [0.1, 0.15) is 0 Å². The van der Waals surface area contributed by atoms with Crippen molar-refractivity contribution < 1.29 is 9.90 Å². The van der Waals surface area contributed by atoms with Crippen molar-refractivity contribution in [3.8, 4) is 0 Å². The Morgan fingerprint density at radius 1 is 1.38 bits per heavy atom. The fraction of sp³-hybridized carbons (Fsp3) is 0.917. The summed E-state index contributed by atoms with van der Waals surface area (Å²) < 4.78 is 0. The third-order valence-electron chi connectivity index (χ3n) is 3.76. The van der Waals surface area contributed by atoms with Crippen LogP contribution in [0.4, 0.5) is 0 Å². The van der Waals surface area contributed by atoms with E-state index < -0.39 is 0 Å². The molecule has 0 bridgehead atoms. The van der Waals surface area contributed by atoms with Crippen molar-refractivity contribution in [1.82, 2.24) is 10.2 Å². The average Bonchev–Trinajstić information content (AvgIpc) is 2.82. The molecule has 4 heteroatoms. The van der Waals surface area contributed by atoms with Crippen LogP contribution in [-0.2, 0) is 4.79 Å². The molecule has 0 aromatic heterocycles. The Hall–Kier alpha value is -0.610. The number of amides is 1. The van der Waals surface area contributed by atoms with Crippen LogP contribution in [0.3, 0.4) is 0 Å². The predicted octanol–water partition coefficient (Wildman–Crippen LogP) is 0.217. The second-order valence-corrected chi connectivity index (χ2v) is 5.09. The number of rotatable bonds is 3. The van der Waals surface area contributed by atoms with Gasteiger partial charge in [0.25, 0.3) is 0 Å². The Kier molecular flexibility index (Phi) is 4.18. The first-order chi connectivity index (χ1) is 7.79. The van der Waals surface area contributed by atoms with Crippen molar-refractivity contribution in [3.63, 3.8) is 0 Å². The SMILES string of the molecule is O=C(CC1CCNC1)N1CCCC(CO)C1.